The second-order valence-corrected chi connectivity index (χ2v) is 7.52. The van der Waals surface area contributed by atoms with Gasteiger partial charge in [0, 0.05) is 58.4 Å². The Kier molecular flexibility index (Phi) is 11.3. The third kappa shape index (κ3) is 8.41. The lowest BCUT2D eigenvalue weighted by Crippen LogP contribution is -2.50. The lowest BCUT2D eigenvalue weighted by atomic mass is 10.0. The summed E-state index contributed by atoms with van der Waals surface area (Å²) in [5, 5.41) is 7.11. The van der Waals surface area contributed by atoms with Gasteiger partial charge in [0.15, 0.2) is 5.96 Å². The van der Waals surface area contributed by atoms with Crippen molar-refractivity contribution in [3.8, 4) is 0 Å². The van der Waals surface area contributed by atoms with Crippen LogP contribution in [-0.4, -0.2) is 87.4 Å². The molecule has 0 aliphatic carbocycles. The van der Waals surface area contributed by atoms with Crippen molar-refractivity contribution in [2.75, 3.05) is 59.5 Å². The molecule has 2 N–H and O–H groups in total. The Morgan fingerprint density at radius 2 is 1.76 bits per heavy atom. The van der Waals surface area contributed by atoms with Crippen molar-refractivity contribution in [2.24, 2.45) is 10.9 Å². The molecule has 2 aliphatic rings. The molecule has 1 atom stereocenters. The molecule has 7 heteroatoms. The molecule has 0 spiro atoms. The van der Waals surface area contributed by atoms with Gasteiger partial charge in [0.05, 0.1) is 13.2 Å². The summed E-state index contributed by atoms with van der Waals surface area (Å²) in [6.07, 6.45) is 2.39. The molecule has 0 aromatic carbocycles. The molecule has 2 rings (SSSR count). The lowest BCUT2D eigenvalue weighted by Gasteiger charge is -2.35. The largest absolute Gasteiger partial charge is 0.379 e. The molecular formula is C18H38IN5O. The van der Waals surface area contributed by atoms with Crippen LogP contribution in [0.4, 0.5) is 0 Å². The lowest BCUT2D eigenvalue weighted by molar-refractivity contribution is 0.0320. The van der Waals surface area contributed by atoms with E-state index < -0.39 is 0 Å². The Morgan fingerprint density at radius 1 is 1.12 bits per heavy atom. The van der Waals surface area contributed by atoms with Crippen molar-refractivity contribution in [2.45, 2.75) is 45.7 Å². The highest BCUT2D eigenvalue weighted by molar-refractivity contribution is 14.0. The maximum Gasteiger partial charge on any atom is 0.191 e. The van der Waals surface area contributed by atoms with Crippen LogP contribution in [-0.2, 0) is 4.74 Å². The van der Waals surface area contributed by atoms with Gasteiger partial charge in [-0.15, -0.1) is 24.0 Å². The molecule has 2 saturated heterocycles. The number of hydrogen-bond donors (Lipinski definition) is 2. The normalized spacial score (nSPS) is 22.5. The molecule has 0 bridgehead atoms. The van der Waals surface area contributed by atoms with Gasteiger partial charge in [-0.1, -0.05) is 6.92 Å². The molecule has 1 unspecified atom stereocenters. The van der Waals surface area contributed by atoms with Crippen molar-refractivity contribution in [1.82, 2.24) is 20.4 Å². The van der Waals surface area contributed by atoms with Crippen LogP contribution < -0.4 is 10.6 Å². The zero-order valence-corrected chi connectivity index (χ0v) is 18.8. The van der Waals surface area contributed by atoms with E-state index in [4.69, 9.17) is 4.74 Å². The number of ether oxygens (including phenoxy) is 1. The molecule has 2 fully saturated rings. The summed E-state index contributed by atoms with van der Waals surface area (Å²) in [7, 11) is 1.87. The van der Waals surface area contributed by atoms with Gasteiger partial charge in [-0.2, -0.15) is 0 Å². The van der Waals surface area contributed by atoms with Crippen LogP contribution in [0, 0.1) is 5.92 Å². The van der Waals surface area contributed by atoms with Crippen LogP contribution in [0.15, 0.2) is 4.99 Å². The highest BCUT2D eigenvalue weighted by atomic mass is 127. The third-order valence-corrected chi connectivity index (χ3v) is 5.12. The first-order chi connectivity index (χ1) is 11.6. The predicted octanol–water partition coefficient (Wildman–Crippen LogP) is 1.61. The Labute approximate surface area is 171 Å². The maximum absolute atomic E-state index is 5.41. The molecule has 6 nitrogen and oxygen atoms in total. The van der Waals surface area contributed by atoms with E-state index in [9.17, 15) is 0 Å². The standard InChI is InChI=1S/C18H37N5O.HI/c1-15(2)23-7-5-17(6-8-23)21-18(19-4)20-13-16(3)14-22-9-11-24-12-10-22;/h15-17H,5-14H2,1-4H3,(H2,19,20,21);1H. The van der Waals surface area contributed by atoms with Crippen molar-refractivity contribution >= 4 is 29.9 Å². The highest BCUT2D eigenvalue weighted by Gasteiger charge is 2.21. The monoisotopic (exact) mass is 467 g/mol. The van der Waals surface area contributed by atoms with Crippen LogP contribution in [0.25, 0.3) is 0 Å². The SMILES string of the molecule is CN=C(NCC(C)CN1CCOCC1)NC1CCN(C(C)C)CC1.I. The zero-order valence-electron chi connectivity index (χ0n) is 16.5. The van der Waals surface area contributed by atoms with E-state index in [2.05, 4.69) is 46.2 Å². The summed E-state index contributed by atoms with van der Waals surface area (Å²) in [6.45, 7) is 15.2. The van der Waals surface area contributed by atoms with Crippen molar-refractivity contribution in [3.05, 3.63) is 0 Å². The molecule has 0 aromatic heterocycles. The quantitative estimate of drug-likeness (QED) is 0.353. The van der Waals surface area contributed by atoms with Gasteiger partial charge in [-0.3, -0.25) is 9.89 Å². The van der Waals surface area contributed by atoms with Crippen molar-refractivity contribution in [3.63, 3.8) is 0 Å². The zero-order chi connectivity index (χ0) is 17.4. The number of nitrogens with zero attached hydrogens (tertiary/aromatic N) is 3. The minimum absolute atomic E-state index is 0. The first kappa shape index (κ1) is 22.9. The smallest absolute Gasteiger partial charge is 0.191 e. The molecule has 0 amide bonds. The topological polar surface area (TPSA) is 52.1 Å². The summed E-state index contributed by atoms with van der Waals surface area (Å²) in [6, 6.07) is 1.20. The van der Waals surface area contributed by atoms with Crippen LogP contribution >= 0.6 is 24.0 Å². The predicted molar refractivity (Wildman–Crippen MR) is 116 cm³/mol. The van der Waals surface area contributed by atoms with E-state index in [0.717, 1.165) is 45.4 Å². The van der Waals surface area contributed by atoms with Gasteiger partial charge < -0.3 is 20.3 Å². The molecule has 2 heterocycles. The second-order valence-electron chi connectivity index (χ2n) is 7.52. The third-order valence-electron chi connectivity index (χ3n) is 5.12. The van der Waals surface area contributed by atoms with Crippen LogP contribution in [0.2, 0.25) is 0 Å². The second kappa shape index (κ2) is 12.3. The van der Waals surface area contributed by atoms with Crippen LogP contribution in [0.3, 0.4) is 0 Å². The Morgan fingerprint density at radius 3 is 2.32 bits per heavy atom. The van der Waals surface area contributed by atoms with Crippen LogP contribution in [0.5, 0.6) is 0 Å². The van der Waals surface area contributed by atoms with Gasteiger partial charge in [-0.05, 0) is 32.6 Å². The van der Waals surface area contributed by atoms with E-state index in [1.54, 1.807) is 0 Å². The van der Waals surface area contributed by atoms with E-state index in [-0.39, 0.29) is 24.0 Å². The van der Waals surface area contributed by atoms with Gasteiger partial charge in [-0.25, -0.2) is 0 Å². The van der Waals surface area contributed by atoms with E-state index >= 15 is 0 Å². The number of halogens is 1. The summed E-state index contributed by atoms with van der Waals surface area (Å²) >= 11 is 0. The van der Waals surface area contributed by atoms with E-state index in [1.165, 1.54) is 25.9 Å². The number of rotatable bonds is 6. The Hall–Kier alpha value is -0.120. The number of aliphatic imine (C=N–C) groups is 1. The van der Waals surface area contributed by atoms with Crippen LogP contribution in [0.1, 0.15) is 33.6 Å². The molecule has 25 heavy (non-hydrogen) atoms. The van der Waals surface area contributed by atoms with E-state index in [1.807, 2.05) is 7.05 Å². The minimum atomic E-state index is 0. The number of nitrogens with one attached hydrogen (secondary N) is 2. The van der Waals surface area contributed by atoms with E-state index in [0.29, 0.717) is 18.0 Å². The molecule has 2 aliphatic heterocycles. The summed E-state index contributed by atoms with van der Waals surface area (Å²) in [4.78, 5) is 9.45. The number of likely N-dealkylation sites (tertiary alicyclic amines) is 1. The number of morpholine rings is 1. The fraction of sp³-hybridized carbons (Fsp3) is 0.944. The number of guanidine groups is 1. The Balaban J connectivity index is 0.00000312. The average Bonchev–Trinajstić information content (AvgIpc) is 2.60. The first-order valence-electron chi connectivity index (χ1n) is 9.59. The molecule has 0 aromatic rings. The summed E-state index contributed by atoms with van der Waals surface area (Å²) in [5.41, 5.74) is 0. The number of hydrogen-bond acceptors (Lipinski definition) is 4. The molecule has 0 saturated carbocycles. The summed E-state index contributed by atoms with van der Waals surface area (Å²) in [5.74, 6) is 1.55. The minimum Gasteiger partial charge on any atom is -0.379 e. The highest BCUT2D eigenvalue weighted by Crippen LogP contribution is 2.12. The molecular weight excluding hydrogens is 429 g/mol. The molecule has 148 valence electrons. The average molecular weight is 467 g/mol. The maximum atomic E-state index is 5.41. The number of piperidine rings is 1. The van der Waals surface area contributed by atoms with Gasteiger partial charge in [0.2, 0.25) is 0 Å². The molecule has 0 radical (unpaired) electrons. The van der Waals surface area contributed by atoms with Crippen molar-refractivity contribution in [1.29, 1.82) is 0 Å². The van der Waals surface area contributed by atoms with Gasteiger partial charge >= 0.3 is 0 Å². The summed E-state index contributed by atoms with van der Waals surface area (Å²) < 4.78 is 5.41. The van der Waals surface area contributed by atoms with Gasteiger partial charge in [0.1, 0.15) is 0 Å². The Bertz CT molecular complexity index is 380. The fourth-order valence-electron chi connectivity index (χ4n) is 3.51. The van der Waals surface area contributed by atoms with Gasteiger partial charge in [0.25, 0.3) is 0 Å². The first-order valence-corrected chi connectivity index (χ1v) is 9.59. The van der Waals surface area contributed by atoms with Crippen molar-refractivity contribution < 1.29 is 4.74 Å². The fourth-order valence-corrected chi connectivity index (χ4v) is 3.51.